The molecule has 0 amide bonds. The third-order valence-electron chi connectivity index (χ3n) is 4.70. The van der Waals surface area contributed by atoms with Gasteiger partial charge in [0, 0.05) is 11.8 Å². The van der Waals surface area contributed by atoms with Gasteiger partial charge in [-0.25, -0.2) is 0 Å². The Hall–Kier alpha value is -0.180. The number of aliphatic imine (C=N–C) groups is 1. The summed E-state index contributed by atoms with van der Waals surface area (Å²) >= 11 is 1.89. The van der Waals surface area contributed by atoms with Crippen LogP contribution in [0.15, 0.2) is 4.99 Å². The van der Waals surface area contributed by atoms with Crippen LogP contribution in [0.1, 0.15) is 41.5 Å². The van der Waals surface area contributed by atoms with Crippen molar-refractivity contribution in [1.82, 2.24) is 5.32 Å². The summed E-state index contributed by atoms with van der Waals surface area (Å²) in [5.41, 5.74) is 0.719. The first-order valence-electron chi connectivity index (χ1n) is 6.24. The summed E-state index contributed by atoms with van der Waals surface area (Å²) in [6, 6.07) is 1.09. The molecule has 1 saturated heterocycles. The van der Waals surface area contributed by atoms with Gasteiger partial charge in [0.05, 0.1) is 6.04 Å². The Morgan fingerprint density at radius 1 is 1.25 bits per heavy atom. The van der Waals surface area contributed by atoms with Crippen LogP contribution in [-0.4, -0.2) is 23.0 Å². The average molecular weight is 240 g/mol. The lowest BCUT2D eigenvalue weighted by atomic mass is 10.0. The number of thioether (sulfide) groups is 1. The van der Waals surface area contributed by atoms with Gasteiger partial charge in [-0.05, 0) is 16.7 Å². The van der Waals surface area contributed by atoms with Crippen LogP contribution < -0.4 is 5.32 Å². The minimum Gasteiger partial charge on any atom is -0.361 e. The summed E-state index contributed by atoms with van der Waals surface area (Å²) in [6.45, 7) is 13.8. The maximum absolute atomic E-state index is 4.89. The highest BCUT2D eigenvalue weighted by molar-refractivity contribution is 8.14. The summed E-state index contributed by atoms with van der Waals surface area (Å²) in [4.78, 5) is 4.89. The zero-order valence-electron chi connectivity index (χ0n) is 11.3. The normalized spacial score (nSPS) is 34.4. The van der Waals surface area contributed by atoms with Crippen molar-refractivity contribution in [2.45, 2.75) is 53.6 Å². The van der Waals surface area contributed by atoms with Crippen LogP contribution >= 0.6 is 11.8 Å². The molecular formula is C13H24N2S. The molecule has 1 aliphatic heterocycles. The molecule has 0 spiro atoms. The van der Waals surface area contributed by atoms with E-state index in [1.165, 1.54) is 10.9 Å². The third-order valence-corrected chi connectivity index (χ3v) is 5.73. The van der Waals surface area contributed by atoms with Gasteiger partial charge in [-0.2, -0.15) is 0 Å². The van der Waals surface area contributed by atoms with Crippen LogP contribution in [0.4, 0.5) is 0 Å². The minimum absolute atomic E-state index is 0.359. The van der Waals surface area contributed by atoms with Crippen molar-refractivity contribution in [1.29, 1.82) is 0 Å². The maximum atomic E-state index is 4.89. The van der Waals surface area contributed by atoms with Crippen LogP contribution in [0.3, 0.4) is 0 Å². The van der Waals surface area contributed by atoms with Crippen LogP contribution in [0.2, 0.25) is 0 Å². The van der Waals surface area contributed by atoms with Crippen molar-refractivity contribution in [3.63, 3.8) is 0 Å². The molecule has 1 atom stereocenters. The Labute approximate surface area is 104 Å². The van der Waals surface area contributed by atoms with E-state index in [0.29, 0.717) is 28.8 Å². The SMILES string of the molecule is CC(C)C1CSC(=NC2C(C)(C)C2(C)C)N1. The number of nitrogens with one attached hydrogen (secondary N) is 1. The molecule has 16 heavy (non-hydrogen) atoms. The molecule has 92 valence electrons. The Kier molecular flexibility index (Phi) is 2.81. The van der Waals surface area contributed by atoms with Gasteiger partial charge in [0.1, 0.15) is 0 Å². The second-order valence-electron chi connectivity index (χ2n) is 6.59. The monoisotopic (exact) mass is 240 g/mol. The number of rotatable bonds is 2. The van der Waals surface area contributed by atoms with Gasteiger partial charge in [0.2, 0.25) is 0 Å². The summed E-state index contributed by atoms with van der Waals surface area (Å²) in [5, 5.41) is 4.72. The topological polar surface area (TPSA) is 24.4 Å². The van der Waals surface area contributed by atoms with Gasteiger partial charge in [-0.3, -0.25) is 4.99 Å². The van der Waals surface area contributed by atoms with E-state index in [1.54, 1.807) is 0 Å². The summed E-state index contributed by atoms with van der Waals surface area (Å²) in [5.74, 6) is 1.87. The molecule has 0 radical (unpaired) electrons. The number of hydrogen-bond donors (Lipinski definition) is 1. The lowest BCUT2D eigenvalue weighted by molar-refractivity contribution is 0.457. The molecule has 0 aromatic heterocycles. The fraction of sp³-hybridized carbons (Fsp3) is 0.923. The van der Waals surface area contributed by atoms with Gasteiger partial charge in [-0.15, -0.1) is 0 Å². The fourth-order valence-electron chi connectivity index (χ4n) is 2.45. The summed E-state index contributed by atoms with van der Waals surface area (Å²) in [6.07, 6.45) is 0. The summed E-state index contributed by atoms with van der Waals surface area (Å²) in [7, 11) is 0. The van der Waals surface area contributed by atoms with Gasteiger partial charge in [0.25, 0.3) is 0 Å². The van der Waals surface area contributed by atoms with E-state index in [4.69, 9.17) is 4.99 Å². The van der Waals surface area contributed by atoms with Crippen molar-refractivity contribution >= 4 is 16.9 Å². The van der Waals surface area contributed by atoms with E-state index in [9.17, 15) is 0 Å². The van der Waals surface area contributed by atoms with Crippen molar-refractivity contribution in [2.24, 2.45) is 21.7 Å². The molecule has 2 nitrogen and oxygen atoms in total. The summed E-state index contributed by atoms with van der Waals surface area (Å²) < 4.78 is 0. The van der Waals surface area contributed by atoms with Crippen molar-refractivity contribution in [2.75, 3.05) is 5.75 Å². The molecule has 2 fully saturated rings. The fourth-order valence-corrected chi connectivity index (χ4v) is 3.67. The highest BCUT2D eigenvalue weighted by Crippen LogP contribution is 2.64. The molecule has 0 aromatic carbocycles. The van der Waals surface area contributed by atoms with Crippen molar-refractivity contribution in [3.8, 4) is 0 Å². The maximum Gasteiger partial charge on any atom is 0.157 e. The van der Waals surface area contributed by atoms with E-state index < -0.39 is 0 Å². The van der Waals surface area contributed by atoms with Crippen LogP contribution in [0, 0.1) is 16.7 Å². The smallest absolute Gasteiger partial charge is 0.157 e. The highest BCUT2D eigenvalue weighted by atomic mass is 32.2. The first-order valence-corrected chi connectivity index (χ1v) is 7.22. The zero-order chi connectivity index (χ0) is 12.1. The molecular weight excluding hydrogens is 216 g/mol. The average Bonchev–Trinajstić information content (AvgIpc) is 2.60. The largest absolute Gasteiger partial charge is 0.361 e. The molecule has 0 aromatic rings. The van der Waals surface area contributed by atoms with Crippen LogP contribution in [0.5, 0.6) is 0 Å². The van der Waals surface area contributed by atoms with Gasteiger partial charge in [0.15, 0.2) is 5.17 Å². The number of amidine groups is 1. The first kappa shape index (κ1) is 12.3. The second kappa shape index (κ2) is 3.66. The van der Waals surface area contributed by atoms with E-state index in [-0.39, 0.29) is 0 Å². The molecule has 1 heterocycles. The molecule has 2 aliphatic rings. The standard InChI is InChI=1S/C13H24N2S/c1-8(2)9-7-16-11(14-9)15-10-12(3,4)13(10,5)6/h8-10H,7H2,1-6H3,(H,14,15). The van der Waals surface area contributed by atoms with E-state index in [1.807, 2.05) is 11.8 Å². The molecule has 3 heteroatoms. The minimum atomic E-state index is 0.359. The Morgan fingerprint density at radius 2 is 1.81 bits per heavy atom. The van der Waals surface area contributed by atoms with E-state index in [2.05, 4.69) is 46.9 Å². The van der Waals surface area contributed by atoms with Crippen LogP contribution in [-0.2, 0) is 0 Å². The second-order valence-corrected chi connectivity index (χ2v) is 7.59. The van der Waals surface area contributed by atoms with Crippen LogP contribution in [0.25, 0.3) is 0 Å². The predicted molar refractivity (Wildman–Crippen MR) is 73.0 cm³/mol. The third kappa shape index (κ3) is 1.77. The molecule has 1 N–H and O–H groups in total. The lowest BCUT2D eigenvalue weighted by Gasteiger charge is -2.13. The van der Waals surface area contributed by atoms with Crippen molar-refractivity contribution < 1.29 is 0 Å². The Morgan fingerprint density at radius 3 is 2.19 bits per heavy atom. The molecule has 0 bridgehead atoms. The Balaban J connectivity index is 2.01. The number of nitrogens with zero attached hydrogens (tertiary/aromatic N) is 1. The van der Waals surface area contributed by atoms with Gasteiger partial charge >= 0.3 is 0 Å². The zero-order valence-corrected chi connectivity index (χ0v) is 12.1. The molecule has 1 saturated carbocycles. The van der Waals surface area contributed by atoms with Gasteiger partial charge in [-0.1, -0.05) is 53.3 Å². The van der Waals surface area contributed by atoms with E-state index >= 15 is 0 Å². The van der Waals surface area contributed by atoms with E-state index in [0.717, 1.165) is 0 Å². The molecule has 1 aliphatic carbocycles. The molecule has 2 rings (SSSR count). The number of hydrogen-bond acceptors (Lipinski definition) is 2. The highest BCUT2D eigenvalue weighted by Gasteiger charge is 2.65. The van der Waals surface area contributed by atoms with Crippen molar-refractivity contribution in [3.05, 3.63) is 0 Å². The van der Waals surface area contributed by atoms with Gasteiger partial charge < -0.3 is 5.32 Å². The molecule has 1 unspecified atom stereocenters. The Bertz CT molecular complexity index is 304. The first-order chi connectivity index (χ1) is 7.26. The predicted octanol–water partition coefficient (Wildman–Crippen LogP) is 3.14. The quantitative estimate of drug-likeness (QED) is 0.802. The lowest BCUT2D eigenvalue weighted by Crippen LogP contribution is -2.31.